The fourth-order valence-corrected chi connectivity index (χ4v) is 12.3. The molecule has 0 fully saturated rings. The average molecular weight is 863 g/mol. The Hall–Kier alpha value is -7.75. The summed E-state index contributed by atoms with van der Waals surface area (Å²) in [6.07, 6.45) is 4.94. The van der Waals surface area contributed by atoms with E-state index < -0.39 is 5.41 Å². The van der Waals surface area contributed by atoms with Crippen LogP contribution >= 0.6 is 0 Å². The van der Waals surface area contributed by atoms with Gasteiger partial charge in [0.2, 0.25) is 0 Å². The van der Waals surface area contributed by atoms with Crippen molar-refractivity contribution in [3.63, 3.8) is 0 Å². The van der Waals surface area contributed by atoms with E-state index in [0.29, 0.717) is 0 Å². The minimum Gasteiger partial charge on any atom is -0.460 e. The Morgan fingerprint density at radius 3 is 2.00 bits per heavy atom. The van der Waals surface area contributed by atoms with Crippen molar-refractivity contribution < 1.29 is 4.42 Å². The van der Waals surface area contributed by atoms with Gasteiger partial charge in [-0.05, 0) is 123 Å². The minimum atomic E-state index is -0.500. The van der Waals surface area contributed by atoms with Crippen molar-refractivity contribution in [2.75, 3.05) is 0 Å². The molecule has 1 aliphatic heterocycles. The highest BCUT2D eigenvalue weighted by Crippen LogP contribution is 2.58. The highest BCUT2D eigenvalue weighted by atomic mass is 16.3. The van der Waals surface area contributed by atoms with Crippen LogP contribution in [0.3, 0.4) is 0 Å². The van der Waals surface area contributed by atoms with Crippen LogP contribution < -0.4 is 5.32 Å². The Morgan fingerprint density at radius 2 is 1.22 bits per heavy atom. The highest BCUT2D eigenvalue weighted by molar-refractivity contribution is 6.14. The second-order valence-corrected chi connectivity index (χ2v) is 18.9. The molecule has 0 spiro atoms. The smallest absolute Gasteiger partial charge is 0.145 e. The Morgan fingerprint density at radius 1 is 0.582 bits per heavy atom. The molecule has 0 saturated heterocycles. The van der Waals surface area contributed by atoms with Crippen LogP contribution in [-0.4, -0.2) is 5.71 Å². The van der Waals surface area contributed by atoms with Gasteiger partial charge in [0.1, 0.15) is 17.5 Å². The van der Waals surface area contributed by atoms with Crippen molar-refractivity contribution in [1.82, 2.24) is 5.32 Å². The van der Waals surface area contributed by atoms with E-state index in [0.717, 1.165) is 64.1 Å². The van der Waals surface area contributed by atoms with E-state index in [1.807, 2.05) is 0 Å². The third-order valence-corrected chi connectivity index (χ3v) is 15.5. The van der Waals surface area contributed by atoms with Crippen LogP contribution in [0, 0.1) is 0 Å². The fourth-order valence-electron chi connectivity index (χ4n) is 12.3. The number of furan rings is 1. The summed E-state index contributed by atoms with van der Waals surface area (Å²) >= 11 is 0. The normalized spacial score (nSPS) is 18.9. The summed E-state index contributed by atoms with van der Waals surface area (Å²) in [6.45, 7) is 4.78. The van der Waals surface area contributed by atoms with Crippen molar-refractivity contribution in [3.05, 3.63) is 273 Å². The molecule has 1 N–H and O–H groups in total. The lowest BCUT2D eigenvalue weighted by atomic mass is 9.67. The number of allylic oxidation sites excluding steroid dienone is 3. The van der Waals surface area contributed by atoms with Crippen LogP contribution in [0.15, 0.2) is 221 Å². The van der Waals surface area contributed by atoms with Crippen LogP contribution in [-0.2, 0) is 11.8 Å². The molecule has 4 aliphatic rings. The van der Waals surface area contributed by atoms with Gasteiger partial charge < -0.3 is 9.73 Å². The van der Waals surface area contributed by atoms with Gasteiger partial charge in [0.15, 0.2) is 0 Å². The second kappa shape index (κ2) is 15.7. The molecule has 3 aliphatic carbocycles. The maximum Gasteiger partial charge on any atom is 0.145 e. The molecule has 0 radical (unpaired) electrons. The zero-order valence-corrected chi connectivity index (χ0v) is 37.8. The first-order valence-corrected chi connectivity index (χ1v) is 23.9. The van der Waals surface area contributed by atoms with E-state index in [-0.39, 0.29) is 18.0 Å². The molecule has 0 saturated carbocycles. The van der Waals surface area contributed by atoms with Crippen LogP contribution in [0.5, 0.6) is 0 Å². The van der Waals surface area contributed by atoms with E-state index >= 15 is 0 Å². The third-order valence-electron chi connectivity index (χ3n) is 15.5. The number of hydrogen-bond donors (Lipinski definition) is 1. The Kier molecular flexibility index (Phi) is 9.28. The molecule has 67 heavy (non-hydrogen) atoms. The van der Waals surface area contributed by atoms with Crippen molar-refractivity contribution in [3.8, 4) is 22.3 Å². The van der Waals surface area contributed by atoms with E-state index in [1.54, 1.807) is 0 Å². The highest BCUT2D eigenvalue weighted by Gasteiger charge is 2.47. The maximum absolute atomic E-state index is 7.18. The van der Waals surface area contributed by atoms with Crippen LogP contribution in [0.25, 0.3) is 44.5 Å². The van der Waals surface area contributed by atoms with E-state index in [4.69, 9.17) is 9.41 Å². The number of benzene rings is 8. The SMILES string of the molecule is CC1=C2CC(c3oc4ccc(C5N=C(c6ccccc6)C=C(c6cccc7c6-c6ccccc6C7(c6ccccc6)c6ccccc6)N5)cc4c3-c3ccccc32)C(C)c2ccccc2CC1. The van der Waals surface area contributed by atoms with Crippen LogP contribution in [0.2, 0.25) is 0 Å². The zero-order chi connectivity index (χ0) is 44.6. The quantitative estimate of drug-likeness (QED) is 0.187. The average Bonchev–Trinajstić information content (AvgIpc) is 3.89. The molecular formula is C64H50N2O. The molecule has 3 nitrogen and oxygen atoms in total. The number of aryl methyl sites for hydroxylation is 1. The molecule has 3 heteroatoms. The molecule has 0 amide bonds. The van der Waals surface area contributed by atoms with E-state index in [1.165, 1.54) is 72.3 Å². The third kappa shape index (κ3) is 6.14. The van der Waals surface area contributed by atoms with Crippen molar-refractivity contribution in [2.45, 2.75) is 56.5 Å². The van der Waals surface area contributed by atoms with E-state index in [2.05, 4.69) is 225 Å². The van der Waals surface area contributed by atoms with Gasteiger partial charge in [-0.1, -0.05) is 201 Å². The minimum absolute atomic E-state index is 0.175. The van der Waals surface area contributed by atoms with Gasteiger partial charge in [0.25, 0.3) is 0 Å². The van der Waals surface area contributed by atoms with Gasteiger partial charge in [0, 0.05) is 28.1 Å². The number of fused-ring (bicyclic) bond motifs is 13. The number of nitrogens with zero attached hydrogens (tertiary/aromatic N) is 1. The van der Waals surface area contributed by atoms with E-state index in [9.17, 15) is 0 Å². The van der Waals surface area contributed by atoms with Gasteiger partial charge in [-0.3, -0.25) is 4.99 Å². The molecule has 3 atom stereocenters. The van der Waals surface area contributed by atoms with Gasteiger partial charge >= 0.3 is 0 Å². The zero-order valence-electron chi connectivity index (χ0n) is 37.8. The van der Waals surface area contributed by atoms with Gasteiger partial charge in [-0.25, -0.2) is 0 Å². The predicted molar refractivity (Wildman–Crippen MR) is 275 cm³/mol. The Bertz CT molecular complexity index is 3460. The number of aliphatic imine (C=N–C) groups is 1. The monoisotopic (exact) mass is 862 g/mol. The number of hydrogen-bond acceptors (Lipinski definition) is 3. The molecule has 8 aromatic carbocycles. The Balaban J connectivity index is 0.994. The first-order chi connectivity index (χ1) is 33.1. The maximum atomic E-state index is 7.18. The first kappa shape index (κ1) is 39.6. The topological polar surface area (TPSA) is 37.5 Å². The fraction of sp³-hybridized carbons (Fsp3) is 0.141. The summed E-state index contributed by atoms with van der Waals surface area (Å²) in [5, 5.41) is 5.18. The van der Waals surface area contributed by atoms with Crippen molar-refractivity contribution in [2.24, 2.45) is 4.99 Å². The van der Waals surface area contributed by atoms with Crippen LogP contribution in [0.4, 0.5) is 0 Å². The summed E-state index contributed by atoms with van der Waals surface area (Å²) in [6, 6.07) is 73.6. The molecular weight excluding hydrogens is 813 g/mol. The number of rotatable bonds is 5. The predicted octanol–water partition coefficient (Wildman–Crippen LogP) is 15.6. The molecule has 2 heterocycles. The van der Waals surface area contributed by atoms with Gasteiger partial charge in [-0.2, -0.15) is 0 Å². The van der Waals surface area contributed by atoms with Crippen molar-refractivity contribution in [1.29, 1.82) is 0 Å². The summed E-state index contributed by atoms with van der Waals surface area (Å²) in [4.78, 5) is 5.55. The number of nitrogens with one attached hydrogen (secondary N) is 1. The molecule has 322 valence electrons. The molecule has 1 aromatic heterocycles. The summed E-state index contributed by atoms with van der Waals surface area (Å²) in [7, 11) is 0. The molecule has 3 unspecified atom stereocenters. The van der Waals surface area contributed by atoms with Gasteiger partial charge in [0.05, 0.1) is 11.1 Å². The standard InChI is InChI=1S/C64H50N2O/c1-40-33-34-42-19-12-13-26-47(42)41(2)53-38-52(40)48-27-14-15-28-49(48)61-54-37-44(35-36-59(54)67-62(53)61)63-65-57(43-20-6-3-7-21-43)39-58(66-63)51-30-18-32-56-60(51)50-29-16-17-31-55(50)64(56,45-22-8-4-9-23-45)46-24-10-5-11-25-46/h3-32,35-37,39,41,53,63,66H,33-34,38H2,1-2H3. The van der Waals surface area contributed by atoms with Crippen molar-refractivity contribution >= 4 is 28.0 Å². The largest absolute Gasteiger partial charge is 0.460 e. The second-order valence-electron chi connectivity index (χ2n) is 18.9. The molecule has 9 aromatic rings. The lowest BCUT2D eigenvalue weighted by Gasteiger charge is -2.34. The lowest BCUT2D eigenvalue weighted by molar-refractivity contribution is 0.456. The van der Waals surface area contributed by atoms with Gasteiger partial charge in [-0.15, -0.1) is 0 Å². The summed E-state index contributed by atoms with van der Waals surface area (Å²) < 4.78 is 7.18. The summed E-state index contributed by atoms with van der Waals surface area (Å²) in [5.74, 6) is 1.54. The lowest BCUT2D eigenvalue weighted by Crippen LogP contribution is -2.28. The molecule has 13 rings (SSSR count). The molecule has 2 bridgehead atoms. The first-order valence-electron chi connectivity index (χ1n) is 23.9. The Labute approximate surface area is 392 Å². The summed E-state index contributed by atoms with van der Waals surface area (Å²) in [5.41, 5.74) is 23.0. The van der Waals surface area contributed by atoms with Crippen LogP contribution in [0.1, 0.15) is 106 Å².